The maximum Gasteiger partial charge on any atom is 0.253 e. The predicted molar refractivity (Wildman–Crippen MR) is 95.4 cm³/mol. The van der Waals surface area contributed by atoms with E-state index in [2.05, 4.69) is 10.3 Å². The molecule has 0 fully saturated rings. The number of imidazole rings is 1. The van der Waals surface area contributed by atoms with Crippen LogP contribution in [0.3, 0.4) is 0 Å². The molecule has 0 aliphatic carbocycles. The van der Waals surface area contributed by atoms with Gasteiger partial charge in [0.25, 0.3) is 5.91 Å². The van der Waals surface area contributed by atoms with Gasteiger partial charge in [-0.1, -0.05) is 35.3 Å². The molecule has 7 heteroatoms. The summed E-state index contributed by atoms with van der Waals surface area (Å²) in [6.07, 6.45) is 3.44. The Morgan fingerprint density at radius 1 is 1.20 bits per heavy atom. The van der Waals surface area contributed by atoms with Crippen molar-refractivity contribution in [3.8, 4) is 0 Å². The van der Waals surface area contributed by atoms with E-state index in [0.29, 0.717) is 10.8 Å². The van der Waals surface area contributed by atoms with Crippen LogP contribution in [0.15, 0.2) is 54.9 Å². The fraction of sp³-hybridized carbons (Fsp3) is 0.111. The Morgan fingerprint density at radius 3 is 2.52 bits per heavy atom. The van der Waals surface area contributed by atoms with Gasteiger partial charge in [-0.25, -0.2) is 9.37 Å². The van der Waals surface area contributed by atoms with Gasteiger partial charge >= 0.3 is 0 Å². The molecule has 1 heterocycles. The molecule has 3 aromatic rings. The second-order valence-electron chi connectivity index (χ2n) is 5.48. The molecule has 0 spiro atoms. The van der Waals surface area contributed by atoms with Crippen LogP contribution < -0.4 is 5.32 Å². The highest BCUT2D eigenvalue weighted by Crippen LogP contribution is 2.24. The standard InChI is InChI=1S/C18H14Cl2FN3O/c1-24-9-8-22-17(24)16(11-2-4-12(19)5-3-11)23-18(25)14-7-6-13(21)10-15(14)20/h2-10,16H,1H3,(H,23,25). The number of nitrogens with one attached hydrogen (secondary N) is 1. The summed E-state index contributed by atoms with van der Waals surface area (Å²) >= 11 is 11.9. The van der Waals surface area contributed by atoms with Gasteiger partial charge < -0.3 is 9.88 Å². The minimum absolute atomic E-state index is 0.0483. The highest BCUT2D eigenvalue weighted by atomic mass is 35.5. The number of amides is 1. The van der Waals surface area contributed by atoms with Gasteiger partial charge in [0.1, 0.15) is 17.7 Å². The van der Waals surface area contributed by atoms with Gasteiger partial charge in [0.05, 0.1) is 10.6 Å². The van der Waals surface area contributed by atoms with Gasteiger partial charge in [0.2, 0.25) is 0 Å². The molecular weight excluding hydrogens is 364 g/mol. The van der Waals surface area contributed by atoms with Crippen molar-refractivity contribution in [3.63, 3.8) is 0 Å². The summed E-state index contributed by atoms with van der Waals surface area (Å²) in [5.41, 5.74) is 1.00. The third kappa shape index (κ3) is 3.83. The van der Waals surface area contributed by atoms with Crippen LogP contribution in [0.2, 0.25) is 10.0 Å². The van der Waals surface area contributed by atoms with Crippen molar-refractivity contribution in [3.05, 3.63) is 87.7 Å². The lowest BCUT2D eigenvalue weighted by Gasteiger charge is -2.19. The molecule has 0 saturated heterocycles. The Kier molecular flexibility index (Phi) is 5.06. The molecule has 0 saturated carbocycles. The van der Waals surface area contributed by atoms with Crippen LogP contribution in [0.1, 0.15) is 27.8 Å². The number of aryl methyl sites for hydroxylation is 1. The fourth-order valence-electron chi connectivity index (χ4n) is 2.49. The number of nitrogens with zero attached hydrogens (tertiary/aromatic N) is 2. The molecule has 4 nitrogen and oxygen atoms in total. The zero-order valence-electron chi connectivity index (χ0n) is 13.2. The average molecular weight is 378 g/mol. The molecule has 1 N–H and O–H groups in total. The van der Waals surface area contributed by atoms with Crippen LogP contribution in [0.4, 0.5) is 4.39 Å². The third-order valence-electron chi connectivity index (χ3n) is 3.77. The molecule has 0 radical (unpaired) electrons. The number of benzene rings is 2. The number of carbonyl (C=O) groups is 1. The molecule has 128 valence electrons. The Bertz CT molecular complexity index is 909. The predicted octanol–water partition coefficient (Wildman–Crippen LogP) is 4.39. The summed E-state index contributed by atoms with van der Waals surface area (Å²) in [7, 11) is 1.84. The monoisotopic (exact) mass is 377 g/mol. The van der Waals surface area contributed by atoms with Crippen LogP contribution in [0, 0.1) is 5.82 Å². The van der Waals surface area contributed by atoms with E-state index in [-0.39, 0.29) is 10.6 Å². The second kappa shape index (κ2) is 7.25. The first-order valence-corrected chi connectivity index (χ1v) is 8.20. The molecule has 2 aromatic carbocycles. The highest BCUT2D eigenvalue weighted by molar-refractivity contribution is 6.33. The Hall–Kier alpha value is -2.37. The Morgan fingerprint density at radius 2 is 1.92 bits per heavy atom. The largest absolute Gasteiger partial charge is 0.338 e. The lowest BCUT2D eigenvalue weighted by molar-refractivity contribution is 0.0941. The van der Waals surface area contributed by atoms with E-state index >= 15 is 0 Å². The maximum absolute atomic E-state index is 13.2. The molecule has 0 bridgehead atoms. The van der Waals surface area contributed by atoms with E-state index in [0.717, 1.165) is 11.6 Å². The lowest BCUT2D eigenvalue weighted by atomic mass is 10.1. The SMILES string of the molecule is Cn1ccnc1C(NC(=O)c1ccc(F)cc1Cl)c1ccc(Cl)cc1. The van der Waals surface area contributed by atoms with Crippen molar-refractivity contribution in [1.29, 1.82) is 0 Å². The number of halogens is 3. The van der Waals surface area contributed by atoms with Crippen molar-refractivity contribution in [2.75, 3.05) is 0 Å². The molecule has 1 aromatic heterocycles. The molecule has 3 rings (SSSR count). The quantitative estimate of drug-likeness (QED) is 0.732. The van der Waals surface area contributed by atoms with Crippen LogP contribution in [-0.2, 0) is 7.05 Å². The van der Waals surface area contributed by atoms with E-state index in [9.17, 15) is 9.18 Å². The van der Waals surface area contributed by atoms with Crippen LogP contribution in [0.5, 0.6) is 0 Å². The number of aromatic nitrogens is 2. The topological polar surface area (TPSA) is 46.9 Å². The Balaban J connectivity index is 1.96. The minimum Gasteiger partial charge on any atom is -0.338 e. The zero-order chi connectivity index (χ0) is 18.0. The normalized spacial score (nSPS) is 12.0. The van der Waals surface area contributed by atoms with Gasteiger partial charge in [-0.3, -0.25) is 4.79 Å². The van der Waals surface area contributed by atoms with E-state index in [1.165, 1.54) is 12.1 Å². The molecule has 25 heavy (non-hydrogen) atoms. The maximum atomic E-state index is 13.2. The summed E-state index contributed by atoms with van der Waals surface area (Å²) in [5.74, 6) is -0.276. The molecule has 0 aliphatic heterocycles. The first-order valence-electron chi connectivity index (χ1n) is 7.44. The van der Waals surface area contributed by atoms with Crippen LogP contribution in [0.25, 0.3) is 0 Å². The molecule has 1 atom stereocenters. The fourth-order valence-corrected chi connectivity index (χ4v) is 2.87. The molecule has 1 amide bonds. The van der Waals surface area contributed by atoms with Crippen molar-refractivity contribution in [1.82, 2.24) is 14.9 Å². The average Bonchev–Trinajstić information content (AvgIpc) is 2.99. The van der Waals surface area contributed by atoms with Gasteiger partial charge in [-0.05, 0) is 35.9 Å². The van der Waals surface area contributed by atoms with Gasteiger partial charge in [0.15, 0.2) is 0 Å². The van der Waals surface area contributed by atoms with E-state index in [1.807, 2.05) is 23.7 Å². The van der Waals surface area contributed by atoms with E-state index in [4.69, 9.17) is 23.2 Å². The van der Waals surface area contributed by atoms with Gasteiger partial charge in [-0.15, -0.1) is 0 Å². The van der Waals surface area contributed by atoms with Crippen molar-refractivity contribution in [2.24, 2.45) is 7.05 Å². The highest BCUT2D eigenvalue weighted by Gasteiger charge is 2.22. The van der Waals surface area contributed by atoms with E-state index in [1.54, 1.807) is 24.5 Å². The zero-order valence-corrected chi connectivity index (χ0v) is 14.7. The second-order valence-corrected chi connectivity index (χ2v) is 6.32. The molecule has 1 unspecified atom stereocenters. The Labute approximate surface area is 154 Å². The van der Waals surface area contributed by atoms with Crippen molar-refractivity contribution < 1.29 is 9.18 Å². The first kappa shape index (κ1) is 17.5. The summed E-state index contributed by atoms with van der Waals surface area (Å²) in [4.78, 5) is 17.0. The summed E-state index contributed by atoms with van der Waals surface area (Å²) in [6, 6.07) is 10.2. The van der Waals surface area contributed by atoms with Gasteiger partial charge in [0, 0.05) is 24.5 Å². The third-order valence-corrected chi connectivity index (χ3v) is 4.34. The summed E-state index contributed by atoms with van der Waals surface area (Å²) in [5, 5.41) is 3.54. The van der Waals surface area contributed by atoms with Crippen LogP contribution >= 0.6 is 23.2 Å². The smallest absolute Gasteiger partial charge is 0.253 e. The van der Waals surface area contributed by atoms with Crippen LogP contribution in [-0.4, -0.2) is 15.5 Å². The number of carbonyl (C=O) groups excluding carboxylic acids is 1. The number of rotatable bonds is 4. The summed E-state index contributed by atoms with van der Waals surface area (Å²) < 4.78 is 15.0. The van der Waals surface area contributed by atoms with Crippen molar-refractivity contribution >= 4 is 29.1 Å². The van der Waals surface area contributed by atoms with Crippen molar-refractivity contribution in [2.45, 2.75) is 6.04 Å². The number of hydrogen-bond acceptors (Lipinski definition) is 2. The van der Waals surface area contributed by atoms with Gasteiger partial charge in [-0.2, -0.15) is 0 Å². The van der Waals surface area contributed by atoms with E-state index < -0.39 is 17.8 Å². The minimum atomic E-state index is -0.508. The molecule has 0 aliphatic rings. The lowest BCUT2D eigenvalue weighted by Crippen LogP contribution is -2.31. The summed E-state index contributed by atoms with van der Waals surface area (Å²) in [6.45, 7) is 0. The molecular formula is C18H14Cl2FN3O. The first-order chi connectivity index (χ1) is 12.0. The number of hydrogen-bond donors (Lipinski definition) is 1.